The first kappa shape index (κ1) is 26.1. The van der Waals surface area contributed by atoms with Crippen LogP contribution in [-0.4, -0.2) is 34.8 Å². The molecule has 4 aromatic rings. The molecule has 1 aliphatic rings. The monoisotopic (exact) mass is 603 g/mol. The standard InChI is InChI=1S/C27H24BrCl2N3O4/c1-35-27(34)18-9-10-20(28)24-17(18)8-7-16(32-24)4-2-3-11-36-14-19-25(33-37-26(19)15-5-6-15)23-21(29)12-31-13-22(23)30/h7-10,12-13,15H,2-6,11,14H2,1H3. The number of aryl methyl sites for hydroxylation is 1. The molecule has 0 radical (unpaired) electrons. The topological polar surface area (TPSA) is 87.3 Å². The number of hydrogen-bond acceptors (Lipinski definition) is 7. The minimum atomic E-state index is -0.376. The molecular weight excluding hydrogens is 581 g/mol. The van der Waals surface area contributed by atoms with Crippen molar-refractivity contribution in [3.8, 4) is 11.3 Å². The lowest BCUT2D eigenvalue weighted by atomic mass is 10.1. The molecule has 1 fully saturated rings. The number of esters is 1. The largest absolute Gasteiger partial charge is 0.465 e. The molecule has 3 heterocycles. The van der Waals surface area contributed by atoms with E-state index in [9.17, 15) is 4.79 Å². The Hall–Kier alpha value is -2.52. The molecule has 7 nitrogen and oxygen atoms in total. The predicted molar refractivity (Wildman–Crippen MR) is 145 cm³/mol. The van der Waals surface area contributed by atoms with E-state index in [0.29, 0.717) is 46.0 Å². The molecule has 0 spiro atoms. The van der Waals surface area contributed by atoms with E-state index in [0.717, 1.165) is 64.5 Å². The van der Waals surface area contributed by atoms with Crippen LogP contribution in [0.2, 0.25) is 10.0 Å². The summed E-state index contributed by atoms with van der Waals surface area (Å²) < 4.78 is 17.5. The highest BCUT2D eigenvalue weighted by Gasteiger charge is 2.33. The maximum Gasteiger partial charge on any atom is 0.338 e. The number of ether oxygens (including phenoxy) is 2. The second-order valence-electron chi connectivity index (χ2n) is 8.92. The van der Waals surface area contributed by atoms with Gasteiger partial charge < -0.3 is 14.0 Å². The Morgan fingerprint density at radius 2 is 1.92 bits per heavy atom. The number of aromatic nitrogens is 3. The SMILES string of the molecule is COC(=O)c1ccc(Br)c2nc(CCCCOCc3c(-c4c(Cl)cncc4Cl)noc3C3CC3)ccc12. The number of carbonyl (C=O) groups excluding carboxylic acids is 1. The van der Waals surface area contributed by atoms with Gasteiger partial charge in [-0.15, -0.1) is 0 Å². The zero-order valence-electron chi connectivity index (χ0n) is 20.1. The van der Waals surface area contributed by atoms with Crippen LogP contribution in [0.4, 0.5) is 0 Å². The number of unbranched alkanes of at least 4 members (excludes halogenated alkanes) is 1. The summed E-state index contributed by atoms with van der Waals surface area (Å²) in [7, 11) is 1.38. The number of halogens is 3. The Labute approximate surface area is 232 Å². The Kier molecular flexibility index (Phi) is 8.09. The van der Waals surface area contributed by atoms with Crippen molar-refractivity contribution >= 4 is 56.0 Å². The second-order valence-corrected chi connectivity index (χ2v) is 10.6. The summed E-state index contributed by atoms with van der Waals surface area (Å²) in [5.74, 6) is 0.854. The molecule has 5 rings (SSSR count). The van der Waals surface area contributed by atoms with Gasteiger partial charge in [-0.25, -0.2) is 4.79 Å². The van der Waals surface area contributed by atoms with E-state index in [-0.39, 0.29) is 5.97 Å². The van der Waals surface area contributed by atoms with Crippen molar-refractivity contribution in [1.82, 2.24) is 15.1 Å². The Morgan fingerprint density at radius 3 is 2.65 bits per heavy atom. The molecule has 37 heavy (non-hydrogen) atoms. The molecule has 0 aliphatic heterocycles. The first-order chi connectivity index (χ1) is 18.0. The van der Waals surface area contributed by atoms with Gasteiger partial charge in [0.05, 0.1) is 34.8 Å². The summed E-state index contributed by atoms with van der Waals surface area (Å²) >= 11 is 16.3. The van der Waals surface area contributed by atoms with Gasteiger partial charge in [0, 0.05) is 51.6 Å². The first-order valence-corrected chi connectivity index (χ1v) is 13.5. The van der Waals surface area contributed by atoms with E-state index in [1.54, 1.807) is 18.5 Å². The number of methoxy groups -OCH3 is 1. The van der Waals surface area contributed by atoms with E-state index in [1.807, 2.05) is 18.2 Å². The number of hydrogen-bond donors (Lipinski definition) is 0. The van der Waals surface area contributed by atoms with Gasteiger partial charge in [0.2, 0.25) is 0 Å². The maximum absolute atomic E-state index is 12.1. The van der Waals surface area contributed by atoms with Crippen molar-refractivity contribution in [3.63, 3.8) is 0 Å². The molecule has 192 valence electrons. The molecule has 3 aromatic heterocycles. The van der Waals surface area contributed by atoms with Gasteiger partial charge in [-0.1, -0.05) is 34.4 Å². The predicted octanol–water partition coefficient (Wildman–Crippen LogP) is 7.56. The number of carbonyl (C=O) groups is 1. The zero-order valence-corrected chi connectivity index (χ0v) is 23.2. The first-order valence-electron chi connectivity index (χ1n) is 12.0. The molecule has 1 saturated carbocycles. The Morgan fingerprint density at radius 1 is 1.14 bits per heavy atom. The summed E-state index contributed by atoms with van der Waals surface area (Å²) in [5.41, 5.74) is 4.35. The summed E-state index contributed by atoms with van der Waals surface area (Å²) in [5, 5.41) is 5.91. The van der Waals surface area contributed by atoms with Crippen LogP contribution in [0.25, 0.3) is 22.2 Å². The lowest BCUT2D eigenvalue weighted by Crippen LogP contribution is -2.03. The fourth-order valence-electron chi connectivity index (χ4n) is 4.30. The van der Waals surface area contributed by atoms with Crippen LogP contribution in [0.15, 0.2) is 45.7 Å². The quantitative estimate of drug-likeness (QED) is 0.136. The van der Waals surface area contributed by atoms with Crippen molar-refractivity contribution in [3.05, 3.63) is 73.8 Å². The van der Waals surface area contributed by atoms with Gasteiger partial charge in [-0.05, 0) is 66.2 Å². The van der Waals surface area contributed by atoms with Crippen molar-refractivity contribution in [2.75, 3.05) is 13.7 Å². The normalized spacial score (nSPS) is 13.3. The van der Waals surface area contributed by atoms with Crippen LogP contribution in [0, 0.1) is 0 Å². The third-order valence-corrected chi connectivity index (χ3v) is 7.56. The summed E-state index contributed by atoms with van der Waals surface area (Å²) in [6, 6.07) is 7.44. The number of rotatable bonds is 10. The second kappa shape index (κ2) is 11.5. The Bertz CT molecular complexity index is 1440. The Balaban J connectivity index is 1.20. The number of pyridine rings is 2. The maximum atomic E-state index is 12.1. The van der Waals surface area contributed by atoms with Gasteiger partial charge in [0.1, 0.15) is 11.5 Å². The molecule has 0 unspecified atom stereocenters. The molecule has 0 N–H and O–H groups in total. The lowest BCUT2D eigenvalue weighted by molar-refractivity contribution is 0.0603. The van der Waals surface area contributed by atoms with Crippen LogP contribution in [0.1, 0.15) is 59.0 Å². The molecule has 0 bridgehead atoms. The van der Waals surface area contributed by atoms with E-state index in [1.165, 1.54) is 7.11 Å². The average molecular weight is 605 g/mol. The minimum absolute atomic E-state index is 0.372. The number of fused-ring (bicyclic) bond motifs is 1. The zero-order chi connectivity index (χ0) is 25.9. The highest BCUT2D eigenvalue weighted by atomic mass is 79.9. The van der Waals surface area contributed by atoms with Crippen molar-refractivity contribution < 1.29 is 18.8 Å². The van der Waals surface area contributed by atoms with Gasteiger partial charge in [0.15, 0.2) is 0 Å². The summed E-state index contributed by atoms with van der Waals surface area (Å²) in [6.07, 6.45) is 7.82. The highest BCUT2D eigenvalue weighted by molar-refractivity contribution is 9.10. The third kappa shape index (κ3) is 5.67. The van der Waals surface area contributed by atoms with Gasteiger partial charge >= 0.3 is 5.97 Å². The minimum Gasteiger partial charge on any atom is -0.465 e. The summed E-state index contributed by atoms with van der Waals surface area (Å²) in [6.45, 7) is 0.952. The van der Waals surface area contributed by atoms with E-state index in [4.69, 9.17) is 42.2 Å². The average Bonchev–Trinajstić information content (AvgIpc) is 3.66. The fourth-order valence-corrected chi connectivity index (χ4v) is 5.28. The fraction of sp³-hybridized carbons (Fsp3) is 0.333. The molecule has 1 aromatic carbocycles. The molecule has 0 amide bonds. The molecular formula is C27H24BrCl2N3O4. The lowest BCUT2D eigenvalue weighted by Gasteiger charge is -2.09. The number of nitrogens with zero attached hydrogens (tertiary/aromatic N) is 3. The van der Waals surface area contributed by atoms with E-state index >= 15 is 0 Å². The van der Waals surface area contributed by atoms with E-state index in [2.05, 4.69) is 26.1 Å². The van der Waals surface area contributed by atoms with Gasteiger partial charge in [-0.3, -0.25) is 9.97 Å². The van der Waals surface area contributed by atoms with Gasteiger partial charge in [0.25, 0.3) is 0 Å². The van der Waals surface area contributed by atoms with Crippen LogP contribution in [0.3, 0.4) is 0 Å². The summed E-state index contributed by atoms with van der Waals surface area (Å²) in [4.78, 5) is 20.9. The highest BCUT2D eigenvalue weighted by Crippen LogP contribution is 2.45. The van der Waals surface area contributed by atoms with Gasteiger partial charge in [-0.2, -0.15) is 0 Å². The van der Waals surface area contributed by atoms with Crippen LogP contribution < -0.4 is 0 Å². The molecule has 1 aliphatic carbocycles. The smallest absolute Gasteiger partial charge is 0.338 e. The van der Waals surface area contributed by atoms with Crippen molar-refractivity contribution in [1.29, 1.82) is 0 Å². The van der Waals surface area contributed by atoms with Crippen LogP contribution >= 0.6 is 39.1 Å². The molecule has 10 heteroatoms. The van der Waals surface area contributed by atoms with Crippen LogP contribution in [-0.2, 0) is 22.5 Å². The van der Waals surface area contributed by atoms with Crippen molar-refractivity contribution in [2.45, 2.75) is 44.6 Å². The third-order valence-electron chi connectivity index (χ3n) is 6.35. The van der Waals surface area contributed by atoms with Crippen LogP contribution in [0.5, 0.6) is 0 Å². The van der Waals surface area contributed by atoms with Crippen molar-refractivity contribution in [2.24, 2.45) is 0 Å². The molecule has 0 saturated heterocycles. The van der Waals surface area contributed by atoms with E-state index < -0.39 is 0 Å². The molecule has 0 atom stereocenters. The number of benzene rings is 1.